The molecule has 0 bridgehead atoms. The van der Waals surface area contributed by atoms with Crippen molar-refractivity contribution >= 4 is 38.4 Å². The van der Waals surface area contributed by atoms with E-state index in [0.29, 0.717) is 17.1 Å². The van der Waals surface area contributed by atoms with Gasteiger partial charge in [-0.2, -0.15) is 4.99 Å². The van der Waals surface area contributed by atoms with Gasteiger partial charge in [0, 0.05) is 11.3 Å². The Kier molecular flexibility index (Phi) is 6.13. The van der Waals surface area contributed by atoms with Gasteiger partial charge in [-0.15, -0.1) is 0 Å². The number of fused-ring (bicyclic) bond motifs is 1. The van der Waals surface area contributed by atoms with Gasteiger partial charge in [0.15, 0.2) is 26.5 Å². The molecule has 2 aromatic rings. The van der Waals surface area contributed by atoms with Gasteiger partial charge in [0.1, 0.15) is 11.6 Å². The lowest BCUT2D eigenvalue weighted by molar-refractivity contribution is -0.117. The monoisotopic (exact) mass is 482 g/mol. The van der Waals surface area contributed by atoms with Crippen LogP contribution >= 0.6 is 11.8 Å². The Morgan fingerprint density at radius 1 is 1.12 bits per heavy atom. The third-order valence-corrected chi connectivity index (χ3v) is 8.47. The number of hydrogen-bond acceptors (Lipinski definition) is 6. The maximum atomic E-state index is 14.6. The lowest BCUT2D eigenvalue weighted by Crippen LogP contribution is -2.38. The number of carbonyl (C=O) groups excluding carboxylic acids is 1. The van der Waals surface area contributed by atoms with Crippen LogP contribution in [0.4, 0.5) is 14.5 Å². The topological polar surface area (TPSA) is 85.3 Å². The van der Waals surface area contributed by atoms with Crippen molar-refractivity contribution in [2.75, 3.05) is 30.6 Å². The fourth-order valence-corrected chi connectivity index (χ4v) is 7.76. The predicted molar refractivity (Wildman–Crippen MR) is 118 cm³/mol. The van der Waals surface area contributed by atoms with Gasteiger partial charge >= 0.3 is 0 Å². The number of amidine groups is 1. The highest BCUT2D eigenvalue weighted by molar-refractivity contribution is 8.16. The van der Waals surface area contributed by atoms with E-state index in [1.54, 1.807) is 18.2 Å². The van der Waals surface area contributed by atoms with E-state index in [1.165, 1.54) is 25.2 Å². The Labute approximate surface area is 188 Å². The zero-order valence-electron chi connectivity index (χ0n) is 17.2. The Hall–Kier alpha value is -2.66. The van der Waals surface area contributed by atoms with E-state index < -0.39 is 38.7 Å². The molecule has 32 heavy (non-hydrogen) atoms. The molecule has 11 heteroatoms. The average molecular weight is 483 g/mol. The quantitative estimate of drug-likeness (QED) is 0.648. The zero-order chi connectivity index (χ0) is 23.0. The fourth-order valence-electron chi connectivity index (χ4n) is 3.83. The molecule has 7 nitrogen and oxygen atoms in total. The second-order valence-electron chi connectivity index (χ2n) is 7.42. The first-order valence-electron chi connectivity index (χ1n) is 9.64. The Morgan fingerprint density at radius 2 is 1.88 bits per heavy atom. The molecule has 1 amide bonds. The summed E-state index contributed by atoms with van der Waals surface area (Å²) in [4.78, 5) is 18.3. The van der Waals surface area contributed by atoms with Gasteiger partial charge in [0.05, 0.1) is 43.9 Å². The van der Waals surface area contributed by atoms with Crippen LogP contribution in [-0.2, 0) is 21.1 Å². The highest BCUT2D eigenvalue weighted by atomic mass is 32.2. The molecule has 4 rings (SSSR count). The number of halogens is 2. The van der Waals surface area contributed by atoms with Crippen molar-refractivity contribution in [2.24, 2.45) is 4.99 Å². The number of anilines is 1. The molecule has 0 aliphatic carbocycles. The van der Waals surface area contributed by atoms with Crippen molar-refractivity contribution in [1.82, 2.24) is 0 Å². The molecule has 2 aliphatic rings. The van der Waals surface area contributed by atoms with E-state index in [2.05, 4.69) is 4.99 Å². The summed E-state index contributed by atoms with van der Waals surface area (Å²) in [5, 5.41) is -0.192. The van der Waals surface area contributed by atoms with Crippen molar-refractivity contribution < 1.29 is 31.5 Å². The highest BCUT2D eigenvalue weighted by Gasteiger charge is 2.50. The Morgan fingerprint density at radius 3 is 2.56 bits per heavy atom. The number of amides is 1. The molecule has 0 spiro atoms. The van der Waals surface area contributed by atoms with Crippen LogP contribution in [0.5, 0.6) is 11.5 Å². The molecule has 0 unspecified atom stereocenters. The van der Waals surface area contributed by atoms with Gasteiger partial charge in [-0.1, -0.05) is 17.8 Å². The standard InChI is InChI=1S/C21H20F2N2O5S2/c1-29-17-6-3-12(7-18(17)30-2)8-20(26)24-21-25(15-5-4-13(22)9-14(15)23)16-10-32(27,28)11-19(16)31-21/h3-7,9,16,19H,8,10-11H2,1-2H3/t16-,19-/m1/s1. The lowest BCUT2D eigenvalue weighted by atomic mass is 10.1. The number of nitrogens with zero attached hydrogens (tertiary/aromatic N) is 2. The molecule has 0 saturated carbocycles. The Bertz CT molecular complexity index is 1200. The fraction of sp³-hybridized carbons (Fsp3) is 0.333. The number of benzene rings is 2. The van der Waals surface area contributed by atoms with Crippen LogP contribution in [0.15, 0.2) is 41.4 Å². The molecule has 0 radical (unpaired) electrons. The SMILES string of the molecule is COc1ccc(CC(=O)N=C2S[C@@H]3CS(=O)(=O)C[C@H]3N2c2ccc(F)cc2F)cc1OC. The van der Waals surface area contributed by atoms with E-state index in [9.17, 15) is 22.0 Å². The van der Waals surface area contributed by atoms with E-state index in [0.717, 1.165) is 23.9 Å². The number of aliphatic imine (C=N–C) groups is 1. The van der Waals surface area contributed by atoms with Gasteiger partial charge < -0.3 is 14.4 Å². The maximum Gasteiger partial charge on any atom is 0.252 e. The average Bonchev–Trinajstić information content (AvgIpc) is 3.19. The van der Waals surface area contributed by atoms with Gasteiger partial charge in [-0.3, -0.25) is 4.79 Å². The van der Waals surface area contributed by atoms with Crippen LogP contribution in [-0.4, -0.2) is 56.5 Å². The molecule has 2 fully saturated rings. The van der Waals surface area contributed by atoms with Crippen molar-refractivity contribution in [3.8, 4) is 11.5 Å². The summed E-state index contributed by atoms with van der Waals surface area (Å²) in [6.45, 7) is 0. The van der Waals surface area contributed by atoms with Crippen molar-refractivity contribution in [3.63, 3.8) is 0 Å². The maximum absolute atomic E-state index is 14.6. The lowest BCUT2D eigenvalue weighted by Gasteiger charge is -2.24. The number of thioether (sulfide) groups is 1. The Balaban J connectivity index is 1.64. The first kappa shape index (κ1) is 22.5. The van der Waals surface area contributed by atoms with E-state index in [4.69, 9.17) is 9.47 Å². The number of rotatable bonds is 5. The smallest absolute Gasteiger partial charge is 0.252 e. The summed E-state index contributed by atoms with van der Waals surface area (Å²) in [7, 11) is -0.314. The molecule has 2 heterocycles. The number of hydrogen-bond donors (Lipinski definition) is 0. The van der Waals surface area contributed by atoms with Gasteiger partial charge in [0.25, 0.3) is 5.91 Å². The van der Waals surface area contributed by atoms with Crippen LogP contribution in [0.3, 0.4) is 0 Å². The minimum absolute atomic E-state index is 0.0128. The first-order valence-corrected chi connectivity index (χ1v) is 12.3. The van der Waals surface area contributed by atoms with Crippen LogP contribution in [0, 0.1) is 11.6 Å². The van der Waals surface area contributed by atoms with Gasteiger partial charge in [0.2, 0.25) is 0 Å². The van der Waals surface area contributed by atoms with Gasteiger partial charge in [-0.05, 0) is 29.8 Å². The number of methoxy groups -OCH3 is 2. The van der Waals surface area contributed by atoms with Crippen LogP contribution in [0.2, 0.25) is 0 Å². The third kappa shape index (κ3) is 4.44. The summed E-state index contributed by atoms with van der Waals surface area (Å²) in [5.74, 6) is -1.39. The molecule has 170 valence electrons. The van der Waals surface area contributed by atoms with Crippen LogP contribution in [0.25, 0.3) is 0 Å². The largest absolute Gasteiger partial charge is 0.493 e. The summed E-state index contributed by atoms with van der Waals surface area (Å²) in [6.07, 6.45) is -0.0439. The number of sulfone groups is 1. The second-order valence-corrected chi connectivity index (χ2v) is 10.8. The molecule has 2 atom stereocenters. The van der Waals surface area contributed by atoms with Crippen molar-refractivity contribution in [2.45, 2.75) is 17.7 Å². The normalized spacial score (nSPS) is 22.8. The summed E-state index contributed by atoms with van der Waals surface area (Å²) in [6, 6.07) is 7.50. The zero-order valence-corrected chi connectivity index (χ0v) is 18.9. The highest BCUT2D eigenvalue weighted by Crippen LogP contribution is 2.42. The molecule has 2 aliphatic heterocycles. The third-order valence-electron chi connectivity index (χ3n) is 5.26. The molecular formula is C21H20F2N2O5S2. The second kappa shape index (κ2) is 8.70. The molecule has 2 aromatic carbocycles. The van der Waals surface area contributed by atoms with E-state index >= 15 is 0 Å². The summed E-state index contributed by atoms with van der Waals surface area (Å²) < 4.78 is 62.7. The summed E-state index contributed by atoms with van der Waals surface area (Å²) >= 11 is 1.12. The molecule has 0 aromatic heterocycles. The van der Waals surface area contributed by atoms with E-state index in [-0.39, 0.29) is 28.8 Å². The summed E-state index contributed by atoms with van der Waals surface area (Å²) in [5.41, 5.74) is 0.628. The molecule has 2 saturated heterocycles. The number of carbonyl (C=O) groups is 1. The predicted octanol–water partition coefficient (Wildman–Crippen LogP) is 2.83. The van der Waals surface area contributed by atoms with Gasteiger partial charge in [-0.25, -0.2) is 17.2 Å². The van der Waals surface area contributed by atoms with Crippen LogP contribution < -0.4 is 14.4 Å². The molecule has 0 N–H and O–H groups in total. The van der Waals surface area contributed by atoms with E-state index in [1.807, 2.05) is 0 Å². The number of ether oxygens (including phenoxy) is 2. The van der Waals surface area contributed by atoms with Crippen molar-refractivity contribution in [3.05, 3.63) is 53.6 Å². The minimum atomic E-state index is -3.31. The minimum Gasteiger partial charge on any atom is -0.493 e. The van der Waals surface area contributed by atoms with Crippen LogP contribution in [0.1, 0.15) is 5.56 Å². The molecular weight excluding hydrogens is 462 g/mol. The van der Waals surface area contributed by atoms with Crippen molar-refractivity contribution in [1.29, 1.82) is 0 Å². The first-order chi connectivity index (χ1) is 15.2.